The van der Waals surface area contributed by atoms with Crippen molar-refractivity contribution in [3.63, 3.8) is 0 Å². The molecule has 1 aromatic carbocycles. The molecule has 0 spiro atoms. The van der Waals surface area contributed by atoms with E-state index in [1.54, 1.807) is 50.3 Å². The summed E-state index contributed by atoms with van der Waals surface area (Å²) in [4.78, 5) is 30.7. The van der Waals surface area contributed by atoms with E-state index in [4.69, 9.17) is 11.6 Å². The van der Waals surface area contributed by atoms with Crippen molar-refractivity contribution in [2.45, 2.75) is 25.7 Å². The van der Waals surface area contributed by atoms with Crippen molar-refractivity contribution in [1.82, 2.24) is 20.9 Å². The first-order chi connectivity index (χ1) is 13.4. The number of rotatable bonds is 7. The maximum Gasteiger partial charge on any atom is 0.252 e. The van der Waals surface area contributed by atoms with Crippen molar-refractivity contribution in [3.05, 3.63) is 34.9 Å². The van der Waals surface area contributed by atoms with E-state index in [1.807, 2.05) is 0 Å². The normalized spacial score (nSPS) is 15.2. The maximum atomic E-state index is 12.6. The lowest BCUT2D eigenvalue weighted by Crippen LogP contribution is -2.50. The number of carbonyl (C=O) groups excluding carboxylic acids is 2. The summed E-state index contributed by atoms with van der Waals surface area (Å²) in [5.74, 6) is 0.571. The minimum atomic E-state index is -0.362. The molecule has 1 aliphatic carbocycles. The Morgan fingerprint density at radius 1 is 1.10 bits per heavy atom. The zero-order chi connectivity index (χ0) is 20.6. The van der Waals surface area contributed by atoms with Crippen LogP contribution in [0, 0.1) is 5.41 Å². The summed E-state index contributed by atoms with van der Waals surface area (Å²) < 4.78 is 0. The molecule has 0 aromatic heterocycles. The number of halogens is 2. The molecule has 0 unspecified atom stereocenters. The molecule has 9 heteroatoms. The lowest BCUT2D eigenvalue weighted by molar-refractivity contribution is -0.138. The number of nitrogens with one attached hydrogen (secondary N) is 3. The number of hydrogen-bond acceptors (Lipinski definition) is 3. The minimum absolute atomic E-state index is 0. The second-order valence-electron chi connectivity index (χ2n) is 7.28. The Morgan fingerprint density at radius 2 is 1.72 bits per heavy atom. The molecule has 7 nitrogen and oxygen atoms in total. The number of carbonyl (C=O) groups is 2. The molecule has 0 heterocycles. The Bertz CT molecular complexity index is 721. The van der Waals surface area contributed by atoms with Gasteiger partial charge in [0.2, 0.25) is 5.91 Å². The highest BCUT2D eigenvalue weighted by Gasteiger charge is 2.42. The lowest BCUT2D eigenvalue weighted by atomic mass is 9.84. The van der Waals surface area contributed by atoms with Crippen LogP contribution in [0.3, 0.4) is 0 Å². The van der Waals surface area contributed by atoms with E-state index in [0.717, 1.165) is 25.7 Å². The Morgan fingerprint density at radius 3 is 2.31 bits per heavy atom. The topological polar surface area (TPSA) is 85.8 Å². The van der Waals surface area contributed by atoms with E-state index in [1.165, 1.54) is 0 Å². The van der Waals surface area contributed by atoms with Crippen LogP contribution in [0.2, 0.25) is 5.02 Å². The summed E-state index contributed by atoms with van der Waals surface area (Å²) in [7, 11) is 5.29. The van der Waals surface area contributed by atoms with Gasteiger partial charge in [-0.25, -0.2) is 0 Å². The first kappa shape index (κ1) is 25.5. The van der Waals surface area contributed by atoms with E-state index in [-0.39, 0.29) is 41.2 Å². The van der Waals surface area contributed by atoms with Gasteiger partial charge in [-0.3, -0.25) is 14.6 Å². The van der Waals surface area contributed by atoms with Gasteiger partial charge >= 0.3 is 0 Å². The van der Waals surface area contributed by atoms with Gasteiger partial charge in [0, 0.05) is 40.8 Å². The van der Waals surface area contributed by atoms with Crippen LogP contribution in [0.15, 0.2) is 29.3 Å². The van der Waals surface area contributed by atoms with Gasteiger partial charge in [0.15, 0.2) is 5.96 Å². The summed E-state index contributed by atoms with van der Waals surface area (Å²) in [5, 5.41) is 9.70. The van der Waals surface area contributed by atoms with Gasteiger partial charge in [-0.05, 0) is 25.0 Å². The average molecular weight is 536 g/mol. The van der Waals surface area contributed by atoms with Crippen LogP contribution in [-0.4, -0.2) is 63.5 Å². The van der Waals surface area contributed by atoms with Gasteiger partial charge in [0.25, 0.3) is 5.91 Å². The van der Waals surface area contributed by atoms with Gasteiger partial charge in [-0.15, -0.1) is 24.0 Å². The van der Waals surface area contributed by atoms with E-state index in [2.05, 4.69) is 20.9 Å². The Hall–Kier alpha value is -1.55. The number of guanidine groups is 1. The fraction of sp³-hybridized carbons (Fsp3) is 0.550. The predicted molar refractivity (Wildman–Crippen MR) is 128 cm³/mol. The highest BCUT2D eigenvalue weighted by Crippen LogP contribution is 2.38. The van der Waals surface area contributed by atoms with Crippen LogP contribution in [0.25, 0.3) is 0 Å². The first-order valence-corrected chi connectivity index (χ1v) is 9.96. The molecule has 2 rings (SSSR count). The van der Waals surface area contributed by atoms with Gasteiger partial charge in [0.1, 0.15) is 0 Å². The molecule has 3 N–H and O–H groups in total. The van der Waals surface area contributed by atoms with Gasteiger partial charge in [0.05, 0.1) is 16.0 Å². The first-order valence-electron chi connectivity index (χ1n) is 9.58. The fourth-order valence-corrected chi connectivity index (χ4v) is 3.78. The highest BCUT2D eigenvalue weighted by atomic mass is 127. The molecule has 0 aliphatic heterocycles. The van der Waals surface area contributed by atoms with Crippen molar-refractivity contribution in [3.8, 4) is 0 Å². The molecule has 1 aliphatic rings. The van der Waals surface area contributed by atoms with Crippen molar-refractivity contribution >= 4 is 53.4 Å². The molecule has 2 amide bonds. The summed E-state index contributed by atoms with van der Waals surface area (Å²) >= 11 is 6.03. The Kier molecular flexibility index (Phi) is 10.7. The number of benzene rings is 1. The molecule has 0 radical (unpaired) electrons. The molecule has 0 atom stereocenters. The lowest BCUT2D eigenvalue weighted by Gasteiger charge is -2.31. The van der Waals surface area contributed by atoms with Crippen LogP contribution in [0.4, 0.5) is 0 Å². The van der Waals surface area contributed by atoms with E-state index < -0.39 is 0 Å². The summed E-state index contributed by atoms with van der Waals surface area (Å²) in [6.45, 7) is 1.48. The van der Waals surface area contributed by atoms with Crippen molar-refractivity contribution in [2.24, 2.45) is 10.4 Å². The fourth-order valence-electron chi connectivity index (χ4n) is 3.56. The van der Waals surface area contributed by atoms with Crippen molar-refractivity contribution < 1.29 is 9.59 Å². The highest BCUT2D eigenvalue weighted by molar-refractivity contribution is 14.0. The molecule has 29 heavy (non-hydrogen) atoms. The minimum Gasteiger partial charge on any atom is -0.355 e. The molecule has 0 saturated heterocycles. The standard InChI is InChI=1S/C20H30ClN5O2.HI/c1-22-19(25-14-20(10-6-7-11-20)18(28)26(2)3)24-13-12-23-17(27)15-8-4-5-9-16(15)21;/h4-5,8-9H,6-7,10-14H2,1-3H3,(H,23,27)(H2,22,24,25);1H. The van der Waals surface area contributed by atoms with Gasteiger partial charge in [-0.2, -0.15) is 0 Å². The Balaban J connectivity index is 0.00000420. The van der Waals surface area contributed by atoms with Gasteiger partial charge < -0.3 is 20.9 Å². The monoisotopic (exact) mass is 535 g/mol. The number of hydrogen-bond donors (Lipinski definition) is 3. The van der Waals surface area contributed by atoms with Crippen LogP contribution in [-0.2, 0) is 4.79 Å². The van der Waals surface area contributed by atoms with Crippen LogP contribution in [0.1, 0.15) is 36.0 Å². The SMILES string of the molecule is CN=C(NCCNC(=O)c1ccccc1Cl)NCC1(C(=O)N(C)C)CCCC1.I. The van der Waals surface area contributed by atoms with Crippen molar-refractivity contribution in [2.75, 3.05) is 40.8 Å². The van der Waals surface area contributed by atoms with E-state index >= 15 is 0 Å². The predicted octanol–water partition coefficient (Wildman–Crippen LogP) is 2.50. The third-order valence-corrected chi connectivity index (χ3v) is 5.39. The molecule has 1 aromatic rings. The smallest absolute Gasteiger partial charge is 0.252 e. The third kappa shape index (κ3) is 7.02. The zero-order valence-electron chi connectivity index (χ0n) is 17.3. The molecule has 162 valence electrons. The molecular formula is C20H31ClIN5O2. The quantitative estimate of drug-likeness (QED) is 0.217. The van der Waals surface area contributed by atoms with E-state index in [9.17, 15) is 9.59 Å². The number of nitrogens with zero attached hydrogens (tertiary/aromatic N) is 2. The largest absolute Gasteiger partial charge is 0.355 e. The summed E-state index contributed by atoms with van der Waals surface area (Å²) in [6.07, 6.45) is 3.92. The average Bonchev–Trinajstić information content (AvgIpc) is 3.17. The second kappa shape index (κ2) is 12.2. The van der Waals surface area contributed by atoms with Crippen molar-refractivity contribution in [1.29, 1.82) is 0 Å². The number of aliphatic imine (C=N–C) groups is 1. The van der Waals surface area contributed by atoms with Crippen LogP contribution >= 0.6 is 35.6 Å². The summed E-state index contributed by atoms with van der Waals surface area (Å²) in [6, 6.07) is 6.94. The molecule has 1 fully saturated rings. The number of amides is 2. The summed E-state index contributed by atoms with van der Waals surface area (Å²) in [5.41, 5.74) is 0.0939. The third-order valence-electron chi connectivity index (χ3n) is 5.06. The molecule has 0 bridgehead atoms. The van der Waals surface area contributed by atoms with Crippen LogP contribution < -0.4 is 16.0 Å². The Labute approximate surface area is 195 Å². The molecular weight excluding hydrogens is 505 g/mol. The van der Waals surface area contributed by atoms with E-state index in [0.29, 0.717) is 36.2 Å². The van der Waals surface area contributed by atoms with Crippen LogP contribution in [0.5, 0.6) is 0 Å². The van der Waals surface area contributed by atoms with Gasteiger partial charge in [-0.1, -0.05) is 36.6 Å². The maximum absolute atomic E-state index is 12.6. The molecule has 1 saturated carbocycles. The second-order valence-corrected chi connectivity index (χ2v) is 7.68. The zero-order valence-corrected chi connectivity index (χ0v) is 20.3.